The third kappa shape index (κ3) is 2.10. The minimum Gasteiger partial charge on any atom is -0.337 e. The number of hydrogen-bond acceptors (Lipinski definition) is 3. The second kappa shape index (κ2) is 5.20. The quantitative estimate of drug-likeness (QED) is 0.594. The molecule has 0 unspecified atom stereocenters. The van der Waals surface area contributed by atoms with Crippen LogP contribution in [-0.2, 0) is 0 Å². The highest BCUT2D eigenvalue weighted by Crippen LogP contribution is 2.37. The van der Waals surface area contributed by atoms with Crippen LogP contribution in [0.25, 0.3) is 11.3 Å². The molecule has 22 heavy (non-hydrogen) atoms. The van der Waals surface area contributed by atoms with Gasteiger partial charge in [0.05, 0.1) is 28.8 Å². The lowest BCUT2D eigenvalue weighted by molar-refractivity contribution is 0.624. The topological polar surface area (TPSA) is 53.1 Å². The van der Waals surface area contributed by atoms with Crippen molar-refractivity contribution in [3.05, 3.63) is 63.6 Å². The molecule has 2 aromatic carbocycles. The number of benzene rings is 2. The van der Waals surface area contributed by atoms with Gasteiger partial charge in [0.25, 0.3) is 0 Å². The van der Waals surface area contributed by atoms with Gasteiger partial charge in [-0.1, -0.05) is 24.3 Å². The highest BCUT2D eigenvalue weighted by Gasteiger charge is 2.21. The van der Waals surface area contributed by atoms with Crippen molar-refractivity contribution < 1.29 is 4.39 Å². The van der Waals surface area contributed by atoms with Crippen LogP contribution in [0.1, 0.15) is 5.56 Å². The van der Waals surface area contributed by atoms with Gasteiger partial charge in [-0.2, -0.15) is 5.10 Å². The van der Waals surface area contributed by atoms with Gasteiger partial charge in [0.2, 0.25) is 0 Å². The van der Waals surface area contributed by atoms with Crippen molar-refractivity contribution in [3.63, 3.8) is 0 Å². The standard InChI is InChI=1S/C16H10FIN4/c17-10-5-3-6-11(18)14(10)16-20-12-7-2-1-4-9(12)15-13(21-16)8-19-22-15/h1-8H,(H,19,22)(H,20,21). The van der Waals surface area contributed by atoms with Gasteiger partial charge in [-0.05, 0) is 40.8 Å². The van der Waals surface area contributed by atoms with Crippen LogP contribution in [0.5, 0.6) is 0 Å². The maximum atomic E-state index is 14.3. The Morgan fingerprint density at radius 2 is 1.91 bits per heavy atom. The third-order valence-electron chi connectivity index (χ3n) is 3.50. The van der Waals surface area contributed by atoms with E-state index in [1.165, 1.54) is 6.07 Å². The Bertz CT molecular complexity index is 880. The fourth-order valence-electron chi connectivity index (χ4n) is 2.49. The van der Waals surface area contributed by atoms with Crippen LogP contribution < -0.4 is 5.32 Å². The lowest BCUT2D eigenvalue weighted by Gasteiger charge is -2.10. The smallest absolute Gasteiger partial charge is 0.142 e. The van der Waals surface area contributed by atoms with Crippen LogP contribution in [0.3, 0.4) is 0 Å². The summed E-state index contributed by atoms with van der Waals surface area (Å²) in [4.78, 5) is 4.63. The first-order valence-electron chi connectivity index (χ1n) is 6.67. The van der Waals surface area contributed by atoms with E-state index in [1.807, 2.05) is 30.3 Å². The van der Waals surface area contributed by atoms with E-state index in [0.717, 1.165) is 26.2 Å². The van der Waals surface area contributed by atoms with Crippen LogP contribution in [0.15, 0.2) is 53.7 Å². The molecule has 4 rings (SSSR count). The highest BCUT2D eigenvalue weighted by molar-refractivity contribution is 14.1. The molecule has 1 aromatic heterocycles. The van der Waals surface area contributed by atoms with Crippen molar-refractivity contribution >= 4 is 39.8 Å². The Morgan fingerprint density at radius 1 is 1.05 bits per heavy atom. The zero-order chi connectivity index (χ0) is 15.1. The fraction of sp³-hybridized carbons (Fsp3) is 0. The van der Waals surface area contributed by atoms with Crippen molar-refractivity contribution in [3.8, 4) is 11.3 Å². The number of aromatic nitrogens is 2. The summed E-state index contributed by atoms with van der Waals surface area (Å²) in [6.07, 6.45) is 1.68. The molecule has 0 saturated carbocycles. The maximum absolute atomic E-state index is 14.3. The first-order chi connectivity index (χ1) is 10.7. The minimum atomic E-state index is -0.303. The van der Waals surface area contributed by atoms with Crippen molar-refractivity contribution in [2.75, 3.05) is 5.32 Å². The molecule has 0 aliphatic carbocycles. The van der Waals surface area contributed by atoms with Gasteiger partial charge >= 0.3 is 0 Å². The van der Waals surface area contributed by atoms with E-state index in [-0.39, 0.29) is 5.82 Å². The highest BCUT2D eigenvalue weighted by atomic mass is 127. The number of nitrogens with one attached hydrogen (secondary N) is 2. The molecule has 0 atom stereocenters. The molecule has 0 amide bonds. The van der Waals surface area contributed by atoms with E-state index < -0.39 is 0 Å². The van der Waals surface area contributed by atoms with Crippen LogP contribution in [-0.4, -0.2) is 16.0 Å². The van der Waals surface area contributed by atoms with Gasteiger partial charge in [-0.3, -0.25) is 5.10 Å². The zero-order valence-corrected chi connectivity index (χ0v) is 13.4. The Morgan fingerprint density at radius 3 is 2.77 bits per heavy atom. The number of amidine groups is 1. The van der Waals surface area contributed by atoms with Gasteiger partial charge in [0, 0.05) is 9.13 Å². The normalized spacial score (nSPS) is 12.7. The maximum Gasteiger partial charge on any atom is 0.142 e. The molecule has 1 aliphatic rings. The molecule has 4 nitrogen and oxygen atoms in total. The largest absolute Gasteiger partial charge is 0.337 e. The van der Waals surface area contributed by atoms with E-state index in [4.69, 9.17) is 0 Å². The molecule has 0 bridgehead atoms. The van der Waals surface area contributed by atoms with Crippen molar-refractivity contribution in [2.45, 2.75) is 0 Å². The first kappa shape index (κ1) is 13.4. The average molecular weight is 404 g/mol. The molecule has 0 fully saturated rings. The fourth-order valence-corrected chi connectivity index (χ4v) is 3.21. The number of anilines is 1. The molecule has 2 heterocycles. The van der Waals surface area contributed by atoms with Crippen molar-refractivity contribution in [1.29, 1.82) is 0 Å². The lowest BCUT2D eigenvalue weighted by atomic mass is 10.1. The summed E-state index contributed by atoms with van der Waals surface area (Å²) in [7, 11) is 0. The summed E-state index contributed by atoms with van der Waals surface area (Å²) in [5.74, 6) is 0.178. The third-order valence-corrected chi connectivity index (χ3v) is 4.40. The van der Waals surface area contributed by atoms with Crippen LogP contribution in [0.4, 0.5) is 15.8 Å². The molecule has 0 spiro atoms. The number of aromatic amines is 1. The van der Waals surface area contributed by atoms with Gasteiger partial charge in [0.1, 0.15) is 11.7 Å². The summed E-state index contributed by atoms with van der Waals surface area (Å²) in [6, 6.07) is 12.7. The summed E-state index contributed by atoms with van der Waals surface area (Å²) < 4.78 is 15.1. The Balaban J connectivity index is 1.99. The summed E-state index contributed by atoms with van der Waals surface area (Å²) in [6.45, 7) is 0. The number of hydrogen-bond donors (Lipinski definition) is 2. The van der Waals surface area contributed by atoms with E-state index in [9.17, 15) is 4.39 Å². The lowest BCUT2D eigenvalue weighted by Crippen LogP contribution is -2.16. The Kier molecular flexibility index (Phi) is 3.18. The minimum absolute atomic E-state index is 0.303. The van der Waals surface area contributed by atoms with Gasteiger partial charge in [0.15, 0.2) is 0 Å². The number of nitrogens with zero attached hydrogens (tertiary/aromatic N) is 2. The number of rotatable bonds is 1. The predicted octanol–water partition coefficient (Wildman–Crippen LogP) is 4.32. The number of aliphatic imine (C=N–C) groups is 1. The van der Waals surface area contributed by atoms with E-state index >= 15 is 0 Å². The Hall–Kier alpha value is -2.22. The van der Waals surface area contributed by atoms with Crippen molar-refractivity contribution in [2.24, 2.45) is 4.99 Å². The second-order valence-corrected chi connectivity index (χ2v) is 6.02. The van der Waals surface area contributed by atoms with Crippen LogP contribution in [0, 0.1) is 9.39 Å². The molecule has 2 N–H and O–H groups in total. The molecular formula is C16H10FIN4. The molecule has 0 radical (unpaired) electrons. The summed E-state index contributed by atoms with van der Waals surface area (Å²) in [5, 5.41) is 10.2. The average Bonchev–Trinajstić information content (AvgIpc) is 2.90. The summed E-state index contributed by atoms with van der Waals surface area (Å²) >= 11 is 2.11. The number of para-hydroxylation sites is 1. The summed E-state index contributed by atoms with van der Waals surface area (Å²) in [5.41, 5.74) is 3.80. The van der Waals surface area contributed by atoms with Crippen LogP contribution >= 0.6 is 22.6 Å². The van der Waals surface area contributed by atoms with Gasteiger partial charge in [-0.15, -0.1) is 0 Å². The zero-order valence-electron chi connectivity index (χ0n) is 11.3. The molecule has 1 aliphatic heterocycles. The second-order valence-electron chi connectivity index (χ2n) is 4.86. The number of halogens is 2. The molecule has 3 aromatic rings. The molecule has 108 valence electrons. The van der Waals surface area contributed by atoms with Gasteiger partial charge in [-0.25, -0.2) is 9.38 Å². The van der Waals surface area contributed by atoms with Gasteiger partial charge < -0.3 is 5.32 Å². The number of H-pyrrole nitrogens is 1. The molecule has 0 saturated heterocycles. The SMILES string of the molecule is Fc1cccc(I)c1C1=Nc2ccccc2-c2[nH]ncc2N1. The van der Waals surface area contributed by atoms with E-state index in [2.05, 4.69) is 43.1 Å². The predicted molar refractivity (Wildman–Crippen MR) is 93.0 cm³/mol. The Labute approximate surface area is 139 Å². The monoisotopic (exact) mass is 404 g/mol. The van der Waals surface area contributed by atoms with Crippen molar-refractivity contribution in [1.82, 2.24) is 10.2 Å². The molecular weight excluding hydrogens is 394 g/mol. The van der Waals surface area contributed by atoms with Crippen LogP contribution in [0.2, 0.25) is 0 Å². The first-order valence-corrected chi connectivity index (χ1v) is 7.75. The number of fused-ring (bicyclic) bond motifs is 3. The van der Waals surface area contributed by atoms with E-state index in [1.54, 1.807) is 12.3 Å². The molecule has 6 heteroatoms. The van der Waals surface area contributed by atoms with E-state index in [0.29, 0.717) is 11.4 Å².